The van der Waals surface area contributed by atoms with Crippen LogP contribution in [0.3, 0.4) is 0 Å². The van der Waals surface area contributed by atoms with Crippen LogP contribution in [0.5, 0.6) is 5.75 Å². The van der Waals surface area contributed by atoms with E-state index in [2.05, 4.69) is 4.98 Å². The summed E-state index contributed by atoms with van der Waals surface area (Å²) in [4.78, 5) is 18.1. The molecule has 1 aromatic heterocycles. The van der Waals surface area contributed by atoms with Gasteiger partial charge in [-0.05, 0) is 6.07 Å². The second kappa shape index (κ2) is 5.22. The smallest absolute Gasteiger partial charge is 0.240 e. The zero-order chi connectivity index (χ0) is 13.2. The van der Waals surface area contributed by atoms with Crippen molar-refractivity contribution in [2.45, 2.75) is 5.37 Å². The van der Waals surface area contributed by atoms with E-state index in [-0.39, 0.29) is 11.3 Å². The minimum atomic E-state index is -0.0604. The van der Waals surface area contributed by atoms with E-state index in [9.17, 15) is 4.79 Å². The summed E-state index contributed by atoms with van der Waals surface area (Å²) in [5, 5.41) is 2.56. The van der Waals surface area contributed by atoms with Crippen molar-refractivity contribution in [3.05, 3.63) is 41.4 Å². The molecule has 0 bridgehead atoms. The van der Waals surface area contributed by atoms with Crippen molar-refractivity contribution in [3.63, 3.8) is 0 Å². The zero-order valence-electron chi connectivity index (χ0n) is 10.3. The van der Waals surface area contributed by atoms with Gasteiger partial charge in [-0.1, -0.05) is 18.2 Å². The molecule has 0 aliphatic carbocycles. The fourth-order valence-corrected chi connectivity index (χ4v) is 4.00. The number of carbonyl (C=O) groups is 1. The largest absolute Gasteiger partial charge is 0.496 e. The molecule has 2 aromatic rings. The SMILES string of the molecule is COc1ccccc1[C@H]1SCC(=O)N1c1nccs1. The Hall–Kier alpha value is -1.53. The maximum Gasteiger partial charge on any atom is 0.240 e. The summed E-state index contributed by atoms with van der Waals surface area (Å²) in [6, 6.07) is 7.80. The summed E-state index contributed by atoms with van der Waals surface area (Å²) in [6.07, 6.45) is 1.72. The molecule has 0 saturated carbocycles. The van der Waals surface area contributed by atoms with Gasteiger partial charge in [0.25, 0.3) is 0 Å². The third-order valence-electron chi connectivity index (χ3n) is 2.90. The molecular weight excluding hydrogens is 280 g/mol. The minimum Gasteiger partial charge on any atom is -0.496 e. The van der Waals surface area contributed by atoms with Gasteiger partial charge in [0.2, 0.25) is 5.91 Å². The van der Waals surface area contributed by atoms with Crippen LogP contribution in [0.15, 0.2) is 35.8 Å². The maximum atomic E-state index is 12.1. The lowest BCUT2D eigenvalue weighted by molar-refractivity contribution is -0.115. The van der Waals surface area contributed by atoms with Gasteiger partial charge in [-0.15, -0.1) is 23.1 Å². The standard InChI is InChI=1S/C13H12N2O2S2/c1-17-10-5-3-2-4-9(10)12-15(11(16)8-19-12)13-14-6-7-18-13/h2-7,12H,8H2,1H3/t12-/m1/s1. The highest BCUT2D eigenvalue weighted by atomic mass is 32.2. The van der Waals surface area contributed by atoms with E-state index < -0.39 is 0 Å². The van der Waals surface area contributed by atoms with Gasteiger partial charge >= 0.3 is 0 Å². The van der Waals surface area contributed by atoms with Crippen LogP contribution in [-0.4, -0.2) is 23.8 Å². The van der Waals surface area contributed by atoms with Crippen molar-refractivity contribution in [2.24, 2.45) is 0 Å². The van der Waals surface area contributed by atoms with Crippen molar-refractivity contribution < 1.29 is 9.53 Å². The molecule has 6 heteroatoms. The average molecular weight is 292 g/mol. The molecule has 1 atom stereocenters. The molecule has 19 heavy (non-hydrogen) atoms. The highest BCUT2D eigenvalue weighted by molar-refractivity contribution is 8.00. The van der Waals surface area contributed by atoms with E-state index in [1.165, 1.54) is 11.3 Å². The Morgan fingerprint density at radius 3 is 3.00 bits per heavy atom. The van der Waals surface area contributed by atoms with Gasteiger partial charge in [-0.3, -0.25) is 9.69 Å². The van der Waals surface area contributed by atoms with Crippen LogP contribution in [0.2, 0.25) is 0 Å². The number of para-hydroxylation sites is 1. The number of hydrogen-bond donors (Lipinski definition) is 0. The maximum absolute atomic E-state index is 12.1. The molecule has 2 heterocycles. The highest BCUT2D eigenvalue weighted by Crippen LogP contribution is 2.45. The van der Waals surface area contributed by atoms with Crippen LogP contribution in [0, 0.1) is 0 Å². The van der Waals surface area contributed by atoms with Crippen LogP contribution >= 0.6 is 23.1 Å². The van der Waals surface area contributed by atoms with E-state index in [4.69, 9.17) is 4.74 Å². The molecule has 4 nitrogen and oxygen atoms in total. The summed E-state index contributed by atoms with van der Waals surface area (Å²) >= 11 is 3.08. The van der Waals surface area contributed by atoms with E-state index in [1.54, 1.807) is 30.0 Å². The van der Waals surface area contributed by atoms with Crippen molar-refractivity contribution in [1.82, 2.24) is 4.98 Å². The number of benzene rings is 1. The number of thioether (sulfide) groups is 1. The first-order valence-corrected chi connectivity index (χ1v) is 7.70. The lowest BCUT2D eigenvalue weighted by Crippen LogP contribution is -2.27. The molecule has 1 saturated heterocycles. The first kappa shape index (κ1) is 12.5. The zero-order valence-corrected chi connectivity index (χ0v) is 11.9. The first-order chi connectivity index (χ1) is 9.31. The molecule has 1 aliphatic rings. The van der Waals surface area contributed by atoms with Gasteiger partial charge in [0, 0.05) is 17.1 Å². The quantitative estimate of drug-likeness (QED) is 0.872. The molecule has 1 amide bonds. The Morgan fingerprint density at radius 1 is 1.42 bits per heavy atom. The summed E-state index contributed by atoms with van der Waals surface area (Å²) in [7, 11) is 1.65. The molecule has 3 rings (SSSR count). The van der Waals surface area contributed by atoms with Crippen LogP contribution in [0.25, 0.3) is 0 Å². The first-order valence-electron chi connectivity index (χ1n) is 5.77. The number of thiazole rings is 1. The van der Waals surface area contributed by atoms with Crippen LogP contribution in [-0.2, 0) is 4.79 Å². The number of nitrogens with zero attached hydrogens (tertiary/aromatic N) is 2. The third-order valence-corrected chi connectivity index (χ3v) is 4.86. The fraction of sp³-hybridized carbons (Fsp3) is 0.231. The van der Waals surface area contributed by atoms with Crippen LogP contribution < -0.4 is 9.64 Å². The fourth-order valence-electron chi connectivity index (χ4n) is 2.07. The van der Waals surface area contributed by atoms with Crippen molar-refractivity contribution in [3.8, 4) is 5.75 Å². The number of amides is 1. The summed E-state index contributed by atoms with van der Waals surface area (Å²) in [5.74, 6) is 1.37. The Labute approximate surface area is 119 Å². The van der Waals surface area contributed by atoms with Crippen molar-refractivity contribution in [2.75, 3.05) is 17.8 Å². The molecular formula is C13H12N2O2S2. The van der Waals surface area contributed by atoms with Gasteiger partial charge in [0.05, 0.1) is 12.9 Å². The topological polar surface area (TPSA) is 42.4 Å². The molecule has 1 fully saturated rings. The van der Waals surface area contributed by atoms with Crippen LogP contribution in [0.1, 0.15) is 10.9 Å². The van der Waals surface area contributed by atoms with Gasteiger partial charge in [0.15, 0.2) is 5.13 Å². The highest BCUT2D eigenvalue weighted by Gasteiger charge is 2.36. The van der Waals surface area contributed by atoms with E-state index in [0.717, 1.165) is 16.4 Å². The van der Waals surface area contributed by atoms with E-state index in [1.807, 2.05) is 29.6 Å². The lowest BCUT2D eigenvalue weighted by atomic mass is 10.2. The molecule has 0 radical (unpaired) electrons. The summed E-state index contributed by atoms with van der Waals surface area (Å²) in [6.45, 7) is 0. The third kappa shape index (κ3) is 2.21. The average Bonchev–Trinajstić information content (AvgIpc) is 3.07. The number of methoxy groups -OCH3 is 1. The lowest BCUT2D eigenvalue weighted by Gasteiger charge is -2.22. The number of rotatable bonds is 3. The number of anilines is 1. The monoisotopic (exact) mass is 292 g/mol. The van der Waals surface area contributed by atoms with Crippen LogP contribution in [0.4, 0.5) is 5.13 Å². The predicted octanol–water partition coefficient (Wildman–Crippen LogP) is 2.93. The van der Waals surface area contributed by atoms with Gasteiger partial charge in [-0.25, -0.2) is 4.98 Å². The van der Waals surface area contributed by atoms with Crippen molar-refractivity contribution in [1.29, 1.82) is 0 Å². The molecule has 0 spiro atoms. The molecule has 0 unspecified atom stereocenters. The number of ether oxygens (including phenoxy) is 1. The van der Waals surface area contributed by atoms with Crippen molar-refractivity contribution >= 4 is 34.1 Å². The summed E-state index contributed by atoms with van der Waals surface area (Å²) < 4.78 is 5.39. The molecule has 98 valence electrons. The molecule has 1 aliphatic heterocycles. The normalized spacial score (nSPS) is 18.9. The van der Waals surface area contributed by atoms with E-state index in [0.29, 0.717) is 5.75 Å². The second-order valence-corrected chi connectivity index (χ2v) is 5.93. The van der Waals surface area contributed by atoms with Gasteiger partial charge < -0.3 is 4.74 Å². The van der Waals surface area contributed by atoms with Gasteiger partial charge in [-0.2, -0.15) is 0 Å². The van der Waals surface area contributed by atoms with E-state index >= 15 is 0 Å². The Balaban J connectivity index is 2.02. The Morgan fingerprint density at radius 2 is 2.26 bits per heavy atom. The Kier molecular flexibility index (Phi) is 3.44. The summed E-state index contributed by atoms with van der Waals surface area (Å²) in [5.41, 5.74) is 1.01. The molecule has 1 aromatic carbocycles. The second-order valence-electron chi connectivity index (χ2n) is 3.98. The number of hydrogen-bond acceptors (Lipinski definition) is 5. The Bertz CT molecular complexity index is 586. The predicted molar refractivity (Wildman–Crippen MR) is 77.8 cm³/mol. The number of aromatic nitrogens is 1. The minimum absolute atomic E-state index is 0.0604. The number of carbonyl (C=O) groups excluding carboxylic acids is 1. The van der Waals surface area contributed by atoms with Gasteiger partial charge in [0.1, 0.15) is 11.1 Å². The molecule has 0 N–H and O–H groups in total.